The SMILES string of the molecule is Cn1c(=O)n(CCC(=O)N2CCN(c3ccccc3O)CC2)c2ccccc21. The van der Waals surface area contributed by atoms with Crippen LogP contribution in [0.25, 0.3) is 11.0 Å². The normalized spacial score (nSPS) is 14.6. The number of imidazole rings is 1. The summed E-state index contributed by atoms with van der Waals surface area (Å²) in [7, 11) is 1.75. The second kappa shape index (κ2) is 7.42. The molecule has 146 valence electrons. The standard InChI is InChI=1S/C21H24N4O3/c1-22-16-6-2-3-7-17(16)25(21(22)28)11-10-20(27)24-14-12-23(13-15-24)18-8-4-5-9-19(18)26/h2-9,26H,10-15H2,1H3. The fourth-order valence-electron chi connectivity index (χ4n) is 3.87. The molecular weight excluding hydrogens is 356 g/mol. The van der Waals surface area contributed by atoms with E-state index < -0.39 is 0 Å². The van der Waals surface area contributed by atoms with Crippen molar-refractivity contribution in [2.24, 2.45) is 7.05 Å². The third kappa shape index (κ3) is 3.24. The summed E-state index contributed by atoms with van der Waals surface area (Å²) >= 11 is 0. The van der Waals surface area contributed by atoms with Crippen LogP contribution >= 0.6 is 0 Å². The number of carbonyl (C=O) groups is 1. The van der Waals surface area contributed by atoms with Crippen LogP contribution in [0.15, 0.2) is 53.3 Å². The number of carbonyl (C=O) groups excluding carboxylic acids is 1. The molecule has 1 aromatic heterocycles. The highest BCUT2D eigenvalue weighted by molar-refractivity contribution is 5.78. The zero-order valence-corrected chi connectivity index (χ0v) is 15.9. The number of hydrogen-bond donors (Lipinski definition) is 1. The predicted octanol–water partition coefficient (Wildman–Crippen LogP) is 1.78. The number of nitrogens with zero attached hydrogens (tertiary/aromatic N) is 4. The number of aryl methyl sites for hydroxylation is 2. The molecule has 7 heteroatoms. The van der Waals surface area contributed by atoms with Crippen LogP contribution in [0.1, 0.15) is 6.42 Å². The lowest BCUT2D eigenvalue weighted by molar-refractivity contribution is -0.131. The first-order chi connectivity index (χ1) is 13.6. The summed E-state index contributed by atoms with van der Waals surface area (Å²) in [6, 6.07) is 14.9. The quantitative estimate of drug-likeness (QED) is 0.749. The molecule has 3 aromatic rings. The molecule has 2 heterocycles. The number of anilines is 1. The van der Waals surface area contributed by atoms with Crippen molar-refractivity contribution in [1.29, 1.82) is 0 Å². The number of rotatable bonds is 4. The molecule has 0 atom stereocenters. The van der Waals surface area contributed by atoms with Crippen molar-refractivity contribution < 1.29 is 9.90 Å². The average molecular weight is 380 g/mol. The maximum absolute atomic E-state index is 12.7. The van der Waals surface area contributed by atoms with Crippen molar-refractivity contribution in [1.82, 2.24) is 14.0 Å². The number of benzene rings is 2. The Morgan fingerprint density at radius 3 is 2.32 bits per heavy atom. The van der Waals surface area contributed by atoms with E-state index in [0.717, 1.165) is 16.7 Å². The van der Waals surface area contributed by atoms with Gasteiger partial charge in [-0.05, 0) is 24.3 Å². The monoisotopic (exact) mass is 380 g/mol. The molecule has 1 fully saturated rings. The molecule has 4 rings (SSSR count). The Hall–Kier alpha value is -3.22. The van der Waals surface area contributed by atoms with Gasteiger partial charge in [0.05, 0.1) is 16.7 Å². The Balaban J connectivity index is 1.39. The zero-order valence-electron chi connectivity index (χ0n) is 15.9. The minimum atomic E-state index is -0.0987. The highest BCUT2D eigenvalue weighted by Gasteiger charge is 2.23. The second-order valence-electron chi connectivity index (χ2n) is 7.09. The van der Waals surface area contributed by atoms with Gasteiger partial charge in [0, 0.05) is 46.2 Å². The van der Waals surface area contributed by atoms with Gasteiger partial charge in [-0.15, -0.1) is 0 Å². The number of phenols is 1. The van der Waals surface area contributed by atoms with Crippen LogP contribution in [0.2, 0.25) is 0 Å². The van der Waals surface area contributed by atoms with E-state index in [9.17, 15) is 14.7 Å². The molecule has 1 N–H and O–H groups in total. The summed E-state index contributed by atoms with van der Waals surface area (Å²) in [6.07, 6.45) is 0.296. The minimum Gasteiger partial charge on any atom is -0.506 e. The van der Waals surface area contributed by atoms with Gasteiger partial charge >= 0.3 is 5.69 Å². The highest BCUT2D eigenvalue weighted by Crippen LogP contribution is 2.27. The first-order valence-electron chi connectivity index (χ1n) is 9.51. The van der Waals surface area contributed by atoms with Gasteiger partial charge in [-0.1, -0.05) is 24.3 Å². The van der Waals surface area contributed by atoms with Gasteiger partial charge in [0.1, 0.15) is 5.75 Å². The predicted molar refractivity (Wildman–Crippen MR) is 109 cm³/mol. The van der Waals surface area contributed by atoms with Crippen molar-refractivity contribution in [2.75, 3.05) is 31.1 Å². The topological polar surface area (TPSA) is 70.7 Å². The average Bonchev–Trinajstić information content (AvgIpc) is 2.97. The Bertz CT molecular complexity index is 1060. The summed E-state index contributed by atoms with van der Waals surface area (Å²) in [5, 5.41) is 10.0. The fraction of sp³-hybridized carbons (Fsp3) is 0.333. The van der Waals surface area contributed by atoms with Crippen LogP contribution in [0.4, 0.5) is 5.69 Å². The summed E-state index contributed by atoms with van der Waals surface area (Å²) < 4.78 is 3.29. The Morgan fingerprint density at radius 1 is 0.964 bits per heavy atom. The maximum atomic E-state index is 12.7. The number of hydrogen-bond acceptors (Lipinski definition) is 4. The molecule has 0 radical (unpaired) electrons. The molecule has 1 aliphatic heterocycles. The minimum absolute atomic E-state index is 0.0526. The first-order valence-corrected chi connectivity index (χ1v) is 9.51. The third-order valence-electron chi connectivity index (χ3n) is 5.46. The van der Waals surface area contributed by atoms with Crippen molar-refractivity contribution in [3.05, 3.63) is 59.0 Å². The van der Waals surface area contributed by atoms with Gasteiger partial charge in [-0.25, -0.2) is 4.79 Å². The van der Waals surface area contributed by atoms with Crippen LogP contribution in [0.3, 0.4) is 0 Å². The third-order valence-corrected chi connectivity index (χ3v) is 5.46. The Labute approximate surface area is 163 Å². The summed E-state index contributed by atoms with van der Waals surface area (Å²) in [6.45, 7) is 2.95. The molecule has 0 aliphatic carbocycles. The van der Waals surface area contributed by atoms with E-state index >= 15 is 0 Å². The van der Waals surface area contributed by atoms with Crippen LogP contribution < -0.4 is 10.6 Å². The largest absolute Gasteiger partial charge is 0.506 e. The Kier molecular flexibility index (Phi) is 4.81. The molecule has 2 aromatic carbocycles. The van der Waals surface area contributed by atoms with Gasteiger partial charge in [0.25, 0.3) is 0 Å². The molecule has 0 spiro atoms. The van der Waals surface area contributed by atoms with Crippen LogP contribution in [-0.2, 0) is 18.4 Å². The summed E-state index contributed by atoms with van der Waals surface area (Å²) in [5.74, 6) is 0.314. The highest BCUT2D eigenvalue weighted by atomic mass is 16.3. The molecule has 28 heavy (non-hydrogen) atoms. The van der Waals surface area contributed by atoms with E-state index in [1.54, 1.807) is 28.3 Å². The van der Waals surface area contributed by atoms with Crippen molar-refractivity contribution in [2.45, 2.75) is 13.0 Å². The molecule has 1 amide bonds. The number of aromatic hydroxyl groups is 1. The molecule has 0 unspecified atom stereocenters. The van der Waals surface area contributed by atoms with Gasteiger partial charge in [0.2, 0.25) is 5.91 Å². The molecule has 0 bridgehead atoms. The van der Waals surface area contributed by atoms with E-state index in [2.05, 4.69) is 4.90 Å². The summed E-state index contributed by atoms with van der Waals surface area (Å²) in [5.41, 5.74) is 2.43. The van der Waals surface area contributed by atoms with Gasteiger partial charge in [-0.2, -0.15) is 0 Å². The number of amides is 1. The Morgan fingerprint density at radius 2 is 1.61 bits per heavy atom. The van der Waals surface area contributed by atoms with Gasteiger partial charge < -0.3 is 14.9 Å². The molecule has 0 saturated carbocycles. The van der Waals surface area contributed by atoms with Crippen LogP contribution in [0, 0.1) is 0 Å². The lowest BCUT2D eigenvalue weighted by Gasteiger charge is -2.36. The lowest BCUT2D eigenvalue weighted by atomic mass is 10.2. The number of piperazine rings is 1. The lowest BCUT2D eigenvalue weighted by Crippen LogP contribution is -2.49. The molecule has 7 nitrogen and oxygen atoms in total. The van der Waals surface area contributed by atoms with E-state index in [-0.39, 0.29) is 17.3 Å². The number of para-hydroxylation sites is 4. The second-order valence-corrected chi connectivity index (χ2v) is 7.09. The smallest absolute Gasteiger partial charge is 0.328 e. The van der Waals surface area contributed by atoms with E-state index in [1.165, 1.54) is 0 Å². The van der Waals surface area contributed by atoms with Gasteiger partial charge in [0.15, 0.2) is 0 Å². The van der Waals surface area contributed by atoms with Crippen LogP contribution in [0.5, 0.6) is 5.75 Å². The number of phenolic OH excluding ortho intramolecular Hbond substituents is 1. The fourth-order valence-corrected chi connectivity index (χ4v) is 3.87. The molecule has 1 saturated heterocycles. The van der Waals surface area contributed by atoms with E-state index in [1.807, 2.05) is 41.3 Å². The van der Waals surface area contributed by atoms with Crippen molar-refractivity contribution in [3.8, 4) is 5.75 Å². The van der Waals surface area contributed by atoms with Crippen molar-refractivity contribution >= 4 is 22.6 Å². The summed E-state index contributed by atoms with van der Waals surface area (Å²) in [4.78, 5) is 29.1. The first kappa shape index (κ1) is 18.2. The number of aromatic nitrogens is 2. The zero-order chi connectivity index (χ0) is 19.7. The molecule has 1 aliphatic rings. The van der Waals surface area contributed by atoms with E-state index in [4.69, 9.17) is 0 Å². The number of fused-ring (bicyclic) bond motifs is 1. The van der Waals surface area contributed by atoms with E-state index in [0.29, 0.717) is 39.1 Å². The van der Waals surface area contributed by atoms with Gasteiger partial charge in [-0.3, -0.25) is 13.9 Å². The van der Waals surface area contributed by atoms with Crippen molar-refractivity contribution in [3.63, 3.8) is 0 Å². The maximum Gasteiger partial charge on any atom is 0.328 e. The van der Waals surface area contributed by atoms with Crippen LogP contribution in [-0.4, -0.2) is 51.2 Å². The molecular formula is C21H24N4O3.